The second-order valence-electron chi connectivity index (χ2n) is 7.01. The molecule has 0 radical (unpaired) electrons. The van der Waals surface area contributed by atoms with Crippen LogP contribution in [0.4, 0.5) is 5.69 Å². The quantitative estimate of drug-likeness (QED) is 0.457. The Balaban J connectivity index is 1.68. The first-order valence-corrected chi connectivity index (χ1v) is 11.2. The summed E-state index contributed by atoms with van der Waals surface area (Å²) in [7, 11) is -0.909. The van der Waals surface area contributed by atoms with E-state index < -0.39 is 21.8 Å². The van der Waals surface area contributed by atoms with Crippen LogP contribution in [0.25, 0.3) is 0 Å². The van der Waals surface area contributed by atoms with Crippen LogP contribution in [-0.4, -0.2) is 34.5 Å². The van der Waals surface area contributed by atoms with E-state index in [9.17, 15) is 18.0 Å². The summed E-state index contributed by atoms with van der Waals surface area (Å²) in [4.78, 5) is 25.0. The van der Waals surface area contributed by atoms with Crippen molar-refractivity contribution in [2.24, 2.45) is 0 Å². The third-order valence-electron chi connectivity index (χ3n) is 4.61. The van der Waals surface area contributed by atoms with Crippen LogP contribution in [0.5, 0.6) is 11.5 Å². The molecule has 0 aliphatic carbocycles. The molecule has 3 aromatic rings. The molecule has 0 aromatic heterocycles. The lowest BCUT2D eigenvalue weighted by atomic mass is 10.2. The summed E-state index contributed by atoms with van der Waals surface area (Å²) in [5, 5.41) is 0. The Morgan fingerprint density at radius 1 is 0.758 bits per heavy atom. The van der Waals surface area contributed by atoms with Gasteiger partial charge in [0.1, 0.15) is 11.5 Å². The summed E-state index contributed by atoms with van der Waals surface area (Å²) in [6.07, 6.45) is 0. The molecular formula is C23H23N3O6S. The van der Waals surface area contributed by atoms with Gasteiger partial charge in [-0.1, -0.05) is 23.8 Å². The minimum absolute atomic E-state index is 0.101. The van der Waals surface area contributed by atoms with Crippen molar-refractivity contribution in [3.63, 3.8) is 0 Å². The number of carbonyl (C=O) groups is 2. The first-order chi connectivity index (χ1) is 15.7. The molecule has 0 heterocycles. The van der Waals surface area contributed by atoms with Gasteiger partial charge in [-0.25, -0.2) is 8.42 Å². The Labute approximate surface area is 191 Å². The molecule has 0 bridgehead atoms. The number of aryl methyl sites for hydroxylation is 1. The number of ether oxygens (including phenoxy) is 2. The van der Waals surface area contributed by atoms with Gasteiger partial charge in [-0.15, -0.1) is 0 Å². The molecule has 3 N–H and O–H groups in total. The number of anilines is 1. The monoisotopic (exact) mass is 469 g/mol. The molecule has 3 aromatic carbocycles. The predicted molar refractivity (Wildman–Crippen MR) is 123 cm³/mol. The van der Waals surface area contributed by atoms with E-state index in [1.807, 2.05) is 6.92 Å². The SMILES string of the molecule is COc1cc(OC)cc(C(=O)NNC(=O)c2cccc(NS(=O)(=O)c3ccc(C)cc3)c2)c1. The highest BCUT2D eigenvalue weighted by atomic mass is 32.2. The van der Waals surface area contributed by atoms with Gasteiger partial charge in [0.15, 0.2) is 0 Å². The minimum Gasteiger partial charge on any atom is -0.497 e. The number of methoxy groups -OCH3 is 2. The van der Waals surface area contributed by atoms with E-state index in [1.54, 1.807) is 18.2 Å². The highest BCUT2D eigenvalue weighted by Crippen LogP contribution is 2.22. The van der Waals surface area contributed by atoms with Gasteiger partial charge >= 0.3 is 0 Å². The van der Waals surface area contributed by atoms with Gasteiger partial charge in [-0.2, -0.15) is 0 Å². The molecule has 0 saturated carbocycles. The third-order valence-corrected chi connectivity index (χ3v) is 6.01. The molecule has 172 valence electrons. The zero-order valence-corrected chi connectivity index (χ0v) is 19.0. The van der Waals surface area contributed by atoms with E-state index in [0.29, 0.717) is 11.5 Å². The largest absolute Gasteiger partial charge is 0.497 e. The number of hydrogen-bond acceptors (Lipinski definition) is 6. The number of nitrogens with one attached hydrogen (secondary N) is 3. The molecule has 0 spiro atoms. The maximum absolute atomic E-state index is 12.6. The Morgan fingerprint density at radius 2 is 1.33 bits per heavy atom. The number of amides is 2. The molecule has 0 atom stereocenters. The van der Waals surface area contributed by atoms with E-state index >= 15 is 0 Å². The van der Waals surface area contributed by atoms with Gasteiger partial charge in [0.05, 0.1) is 19.1 Å². The Morgan fingerprint density at radius 3 is 1.91 bits per heavy atom. The molecule has 0 aliphatic heterocycles. The van der Waals surface area contributed by atoms with Crippen molar-refractivity contribution in [2.75, 3.05) is 18.9 Å². The van der Waals surface area contributed by atoms with Crippen LogP contribution in [0, 0.1) is 6.92 Å². The van der Waals surface area contributed by atoms with Crippen molar-refractivity contribution < 1.29 is 27.5 Å². The van der Waals surface area contributed by atoms with E-state index in [4.69, 9.17) is 9.47 Å². The average molecular weight is 470 g/mol. The Hall–Kier alpha value is -4.05. The van der Waals surface area contributed by atoms with Crippen molar-refractivity contribution in [1.29, 1.82) is 0 Å². The molecule has 33 heavy (non-hydrogen) atoms. The van der Waals surface area contributed by atoms with Gasteiger partial charge in [0.2, 0.25) is 0 Å². The van der Waals surface area contributed by atoms with Crippen molar-refractivity contribution >= 4 is 27.5 Å². The van der Waals surface area contributed by atoms with Crippen LogP contribution in [0.1, 0.15) is 26.3 Å². The van der Waals surface area contributed by atoms with Crippen LogP contribution in [-0.2, 0) is 10.0 Å². The highest BCUT2D eigenvalue weighted by molar-refractivity contribution is 7.92. The fourth-order valence-electron chi connectivity index (χ4n) is 2.85. The van der Waals surface area contributed by atoms with Gasteiger partial charge in [0.25, 0.3) is 21.8 Å². The zero-order chi connectivity index (χ0) is 24.0. The van der Waals surface area contributed by atoms with Crippen LogP contribution in [0.2, 0.25) is 0 Å². The highest BCUT2D eigenvalue weighted by Gasteiger charge is 2.16. The molecule has 10 heteroatoms. The summed E-state index contributed by atoms with van der Waals surface area (Å²) in [5.74, 6) is -0.384. The summed E-state index contributed by atoms with van der Waals surface area (Å²) >= 11 is 0. The molecule has 3 rings (SSSR count). The zero-order valence-electron chi connectivity index (χ0n) is 18.2. The number of hydrazine groups is 1. The topological polar surface area (TPSA) is 123 Å². The predicted octanol–water partition coefficient (Wildman–Crippen LogP) is 2.89. The van der Waals surface area contributed by atoms with Crippen LogP contribution in [0.3, 0.4) is 0 Å². The second kappa shape index (κ2) is 10.0. The molecule has 0 unspecified atom stereocenters. The van der Waals surface area contributed by atoms with Gasteiger partial charge in [-0.3, -0.25) is 25.2 Å². The number of hydrogen-bond donors (Lipinski definition) is 3. The molecule has 2 amide bonds. The lowest BCUT2D eigenvalue weighted by Gasteiger charge is -2.12. The average Bonchev–Trinajstić information content (AvgIpc) is 2.82. The number of benzene rings is 3. The van der Waals surface area contributed by atoms with Crippen LogP contribution >= 0.6 is 0 Å². The molecule has 9 nitrogen and oxygen atoms in total. The van der Waals surface area contributed by atoms with E-state index in [1.165, 1.54) is 62.8 Å². The molecule has 0 aliphatic rings. The molecular weight excluding hydrogens is 446 g/mol. The van der Waals surface area contributed by atoms with E-state index in [2.05, 4.69) is 15.6 Å². The number of carbonyl (C=O) groups excluding carboxylic acids is 2. The van der Waals surface area contributed by atoms with Crippen molar-refractivity contribution in [1.82, 2.24) is 10.9 Å². The number of sulfonamides is 1. The summed E-state index contributed by atoms with van der Waals surface area (Å²) in [6.45, 7) is 1.86. The fourth-order valence-corrected chi connectivity index (χ4v) is 3.90. The fraction of sp³-hybridized carbons (Fsp3) is 0.130. The maximum Gasteiger partial charge on any atom is 0.269 e. The van der Waals surface area contributed by atoms with Crippen molar-refractivity contribution in [3.8, 4) is 11.5 Å². The minimum atomic E-state index is -3.82. The molecule has 0 fully saturated rings. The maximum atomic E-state index is 12.6. The molecule has 0 saturated heterocycles. The first kappa shape index (κ1) is 23.6. The smallest absolute Gasteiger partial charge is 0.269 e. The first-order valence-electron chi connectivity index (χ1n) is 9.75. The van der Waals surface area contributed by atoms with E-state index in [0.717, 1.165) is 5.56 Å². The normalized spacial score (nSPS) is 10.8. The van der Waals surface area contributed by atoms with Gasteiger partial charge < -0.3 is 9.47 Å². The Kier molecular flexibility index (Phi) is 7.19. The summed E-state index contributed by atoms with van der Waals surface area (Å²) < 4.78 is 37.9. The third kappa shape index (κ3) is 6.01. The van der Waals surface area contributed by atoms with Crippen LogP contribution < -0.4 is 25.0 Å². The van der Waals surface area contributed by atoms with Gasteiger partial charge in [-0.05, 0) is 49.4 Å². The van der Waals surface area contributed by atoms with Crippen molar-refractivity contribution in [2.45, 2.75) is 11.8 Å². The Bertz CT molecular complexity index is 1250. The second-order valence-corrected chi connectivity index (χ2v) is 8.69. The lowest BCUT2D eigenvalue weighted by molar-refractivity contribution is 0.0846. The lowest BCUT2D eigenvalue weighted by Crippen LogP contribution is -2.41. The standard InChI is InChI=1S/C23H23N3O6S/c1-15-7-9-21(10-8-15)33(29,30)26-18-6-4-5-16(11-18)22(27)24-25-23(28)17-12-19(31-2)14-20(13-17)32-3/h4-14,26H,1-3H3,(H,24,27)(H,25,28). The summed E-state index contributed by atoms with van der Waals surface area (Å²) in [6, 6.07) is 16.9. The van der Waals surface area contributed by atoms with Gasteiger partial charge in [0, 0.05) is 22.9 Å². The number of rotatable bonds is 7. The van der Waals surface area contributed by atoms with Crippen LogP contribution in [0.15, 0.2) is 71.6 Å². The van der Waals surface area contributed by atoms with E-state index in [-0.39, 0.29) is 21.7 Å². The summed E-state index contributed by atoms with van der Waals surface area (Å²) in [5.41, 5.74) is 6.10. The van der Waals surface area contributed by atoms with Crippen molar-refractivity contribution in [3.05, 3.63) is 83.4 Å².